The molecule has 3 rings (SSSR count). The van der Waals surface area contributed by atoms with E-state index in [1.165, 1.54) is 0 Å². The standard InChI is InChI=1S/C19H26N4O/c1-4-5-10-15-22-16-17(23(15)11-19(2,3)12-24)13-8-6-7-9-14(13)21-18(16)20/h6-9,24H,4-5,10-12H2,1-3H3,(H2,20,21). The van der Waals surface area contributed by atoms with Crippen LogP contribution in [0, 0.1) is 5.41 Å². The average Bonchev–Trinajstić information content (AvgIpc) is 2.92. The number of aryl methyl sites for hydroxylation is 1. The Labute approximate surface area is 142 Å². The van der Waals surface area contributed by atoms with Gasteiger partial charge in [0.05, 0.1) is 11.0 Å². The lowest BCUT2D eigenvalue weighted by Crippen LogP contribution is -2.25. The second-order valence-corrected chi connectivity index (χ2v) is 7.25. The number of anilines is 1. The van der Waals surface area contributed by atoms with Gasteiger partial charge < -0.3 is 15.4 Å². The molecule has 0 unspecified atom stereocenters. The van der Waals surface area contributed by atoms with Gasteiger partial charge in [-0.15, -0.1) is 0 Å². The molecule has 128 valence electrons. The Morgan fingerprint density at radius 2 is 1.96 bits per heavy atom. The number of hydrogen-bond donors (Lipinski definition) is 2. The third-order valence-electron chi connectivity index (χ3n) is 4.46. The number of nitrogens with two attached hydrogens (primary N) is 1. The Balaban J connectivity index is 2.30. The number of benzene rings is 1. The van der Waals surface area contributed by atoms with Crippen molar-refractivity contribution in [3.05, 3.63) is 30.1 Å². The molecule has 1 aromatic carbocycles. The fourth-order valence-electron chi connectivity index (χ4n) is 3.08. The predicted octanol–water partition coefficient (Wildman–Crippen LogP) is 3.53. The predicted molar refractivity (Wildman–Crippen MR) is 98.9 cm³/mol. The molecular formula is C19H26N4O. The average molecular weight is 326 g/mol. The van der Waals surface area contributed by atoms with E-state index < -0.39 is 0 Å². The summed E-state index contributed by atoms with van der Waals surface area (Å²) in [4.78, 5) is 9.32. The zero-order valence-corrected chi connectivity index (χ0v) is 14.7. The van der Waals surface area contributed by atoms with Crippen molar-refractivity contribution in [3.8, 4) is 0 Å². The first-order valence-corrected chi connectivity index (χ1v) is 8.61. The van der Waals surface area contributed by atoms with Gasteiger partial charge in [0, 0.05) is 30.4 Å². The van der Waals surface area contributed by atoms with Crippen molar-refractivity contribution >= 4 is 27.8 Å². The van der Waals surface area contributed by atoms with Gasteiger partial charge in [-0.2, -0.15) is 0 Å². The summed E-state index contributed by atoms with van der Waals surface area (Å²) in [5.41, 5.74) is 8.65. The van der Waals surface area contributed by atoms with Crippen LogP contribution < -0.4 is 5.73 Å². The molecule has 0 fully saturated rings. The number of hydrogen-bond acceptors (Lipinski definition) is 4. The van der Waals surface area contributed by atoms with Crippen molar-refractivity contribution in [1.29, 1.82) is 0 Å². The molecule has 0 saturated carbocycles. The van der Waals surface area contributed by atoms with Gasteiger partial charge in [0.2, 0.25) is 0 Å². The van der Waals surface area contributed by atoms with E-state index in [0.717, 1.165) is 47.0 Å². The zero-order valence-electron chi connectivity index (χ0n) is 14.7. The highest BCUT2D eigenvalue weighted by molar-refractivity contribution is 6.06. The molecule has 0 saturated heterocycles. The van der Waals surface area contributed by atoms with Crippen molar-refractivity contribution in [2.24, 2.45) is 5.41 Å². The van der Waals surface area contributed by atoms with Gasteiger partial charge in [0.15, 0.2) is 5.82 Å². The number of aliphatic hydroxyl groups is 1. The van der Waals surface area contributed by atoms with Gasteiger partial charge in [0.1, 0.15) is 11.3 Å². The highest BCUT2D eigenvalue weighted by Crippen LogP contribution is 2.31. The number of fused-ring (bicyclic) bond motifs is 3. The lowest BCUT2D eigenvalue weighted by molar-refractivity contribution is 0.141. The molecule has 5 heteroatoms. The SMILES string of the molecule is CCCCc1nc2c(N)nc3ccccc3c2n1CC(C)(C)CO. The molecule has 0 bridgehead atoms. The number of aliphatic hydroxyl groups excluding tert-OH is 1. The number of imidazole rings is 1. The molecule has 5 nitrogen and oxygen atoms in total. The van der Waals surface area contributed by atoms with Crippen LogP contribution in [0.5, 0.6) is 0 Å². The van der Waals surface area contributed by atoms with E-state index >= 15 is 0 Å². The van der Waals surface area contributed by atoms with Gasteiger partial charge in [0.25, 0.3) is 0 Å². The lowest BCUT2D eigenvalue weighted by Gasteiger charge is -2.24. The maximum absolute atomic E-state index is 9.73. The first-order chi connectivity index (χ1) is 11.5. The topological polar surface area (TPSA) is 77.0 Å². The largest absolute Gasteiger partial charge is 0.396 e. The molecule has 24 heavy (non-hydrogen) atoms. The third-order valence-corrected chi connectivity index (χ3v) is 4.46. The number of aromatic nitrogens is 3. The van der Waals surface area contributed by atoms with Crippen LogP contribution in [0.4, 0.5) is 5.82 Å². The molecule has 0 aliphatic carbocycles. The lowest BCUT2D eigenvalue weighted by atomic mass is 9.94. The van der Waals surface area contributed by atoms with E-state index in [2.05, 4.69) is 36.4 Å². The van der Waals surface area contributed by atoms with Crippen LogP contribution in [0.2, 0.25) is 0 Å². The fraction of sp³-hybridized carbons (Fsp3) is 0.474. The van der Waals surface area contributed by atoms with E-state index in [1.807, 2.05) is 18.2 Å². The maximum atomic E-state index is 9.73. The molecule has 2 aromatic heterocycles. The summed E-state index contributed by atoms with van der Waals surface area (Å²) in [6.07, 6.45) is 3.09. The molecular weight excluding hydrogens is 300 g/mol. The van der Waals surface area contributed by atoms with E-state index in [1.54, 1.807) is 0 Å². The number of nitrogen functional groups attached to an aromatic ring is 1. The van der Waals surface area contributed by atoms with Crippen LogP contribution in [-0.4, -0.2) is 26.2 Å². The van der Waals surface area contributed by atoms with E-state index in [9.17, 15) is 5.11 Å². The summed E-state index contributed by atoms with van der Waals surface area (Å²) < 4.78 is 2.24. The third kappa shape index (κ3) is 2.96. The van der Waals surface area contributed by atoms with Crippen molar-refractivity contribution < 1.29 is 5.11 Å². The van der Waals surface area contributed by atoms with Crippen molar-refractivity contribution in [3.63, 3.8) is 0 Å². The van der Waals surface area contributed by atoms with Crippen LogP contribution in [0.15, 0.2) is 24.3 Å². The van der Waals surface area contributed by atoms with E-state index in [0.29, 0.717) is 12.4 Å². The summed E-state index contributed by atoms with van der Waals surface area (Å²) in [6.45, 7) is 7.13. The number of unbranched alkanes of at least 4 members (excludes halogenated alkanes) is 1. The van der Waals surface area contributed by atoms with Gasteiger partial charge >= 0.3 is 0 Å². The molecule has 0 aliphatic heterocycles. The molecule has 0 aliphatic rings. The monoisotopic (exact) mass is 326 g/mol. The fourth-order valence-corrected chi connectivity index (χ4v) is 3.08. The Morgan fingerprint density at radius 3 is 2.67 bits per heavy atom. The second kappa shape index (κ2) is 6.40. The van der Waals surface area contributed by atoms with Crippen LogP contribution in [-0.2, 0) is 13.0 Å². The Hall–Kier alpha value is -2.14. The maximum Gasteiger partial charge on any atom is 0.152 e. The number of para-hydroxylation sites is 1. The van der Waals surface area contributed by atoms with E-state index in [-0.39, 0.29) is 12.0 Å². The van der Waals surface area contributed by atoms with Crippen LogP contribution in [0.3, 0.4) is 0 Å². The van der Waals surface area contributed by atoms with Gasteiger partial charge in [-0.3, -0.25) is 0 Å². The van der Waals surface area contributed by atoms with Gasteiger partial charge in [-0.25, -0.2) is 9.97 Å². The van der Waals surface area contributed by atoms with Crippen molar-refractivity contribution in [2.75, 3.05) is 12.3 Å². The molecule has 0 atom stereocenters. The molecule has 0 amide bonds. The molecule has 0 radical (unpaired) electrons. The summed E-state index contributed by atoms with van der Waals surface area (Å²) in [5.74, 6) is 1.50. The van der Waals surface area contributed by atoms with Crippen LogP contribution >= 0.6 is 0 Å². The second-order valence-electron chi connectivity index (χ2n) is 7.25. The minimum Gasteiger partial charge on any atom is -0.396 e. The summed E-state index contributed by atoms with van der Waals surface area (Å²) >= 11 is 0. The summed E-state index contributed by atoms with van der Waals surface area (Å²) in [6, 6.07) is 8.03. The molecule has 3 aromatic rings. The number of nitrogens with zero attached hydrogens (tertiary/aromatic N) is 3. The quantitative estimate of drug-likeness (QED) is 0.726. The first-order valence-electron chi connectivity index (χ1n) is 8.61. The molecule has 2 heterocycles. The Bertz CT molecular complexity index is 867. The van der Waals surface area contributed by atoms with E-state index in [4.69, 9.17) is 10.7 Å². The Morgan fingerprint density at radius 1 is 1.21 bits per heavy atom. The molecule has 3 N–H and O–H groups in total. The minimum absolute atomic E-state index is 0.123. The minimum atomic E-state index is -0.228. The zero-order chi connectivity index (χ0) is 17.3. The van der Waals surface area contributed by atoms with Crippen molar-refractivity contribution in [2.45, 2.75) is 46.6 Å². The van der Waals surface area contributed by atoms with Crippen LogP contribution in [0.1, 0.15) is 39.4 Å². The first kappa shape index (κ1) is 16.7. The highest BCUT2D eigenvalue weighted by Gasteiger charge is 2.23. The summed E-state index contributed by atoms with van der Waals surface area (Å²) in [7, 11) is 0. The van der Waals surface area contributed by atoms with Gasteiger partial charge in [-0.1, -0.05) is 45.4 Å². The Kier molecular flexibility index (Phi) is 4.45. The number of pyridine rings is 1. The van der Waals surface area contributed by atoms with Gasteiger partial charge in [-0.05, 0) is 12.5 Å². The highest BCUT2D eigenvalue weighted by atomic mass is 16.3. The normalized spacial score (nSPS) is 12.3. The van der Waals surface area contributed by atoms with Crippen LogP contribution in [0.25, 0.3) is 21.9 Å². The smallest absolute Gasteiger partial charge is 0.152 e. The number of rotatable bonds is 6. The van der Waals surface area contributed by atoms with Crippen molar-refractivity contribution in [1.82, 2.24) is 14.5 Å². The molecule has 0 spiro atoms. The summed E-state index contributed by atoms with van der Waals surface area (Å²) in [5, 5.41) is 10.8.